The summed E-state index contributed by atoms with van der Waals surface area (Å²) in [6.07, 6.45) is -11.8. The predicted molar refractivity (Wildman–Crippen MR) is 279 cm³/mol. The fraction of sp³-hybridized carbons (Fsp3) is 0.836. The summed E-state index contributed by atoms with van der Waals surface area (Å²) in [7, 11) is 6.73. The number of nitrogens with zero attached hydrogens (tertiary/aromatic N) is 5. The molecule has 7 heterocycles. The van der Waals surface area contributed by atoms with Crippen molar-refractivity contribution in [3.8, 4) is 0 Å². The van der Waals surface area contributed by atoms with Gasteiger partial charge in [-0.25, -0.2) is 14.8 Å². The molecule has 1 amide bonds. The van der Waals surface area contributed by atoms with Crippen molar-refractivity contribution in [3.05, 3.63) is 24.7 Å². The second kappa shape index (κ2) is 25.3. The molecule has 2 aromatic rings. The van der Waals surface area contributed by atoms with Crippen molar-refractivity contribution < 1.29 is 87.3 Å². The number of rotatable bonds is 16. The van der Waals surface area contributed by atoms with Crippen LogP contribution in [0, 0.1) is 23.7 Å². The Labute approximate surface area is 458 Å². The summed E-state index contributed by atoms with van der Waals surface area (Å²) < 4.78 is 66.6. The van der Waals surface area contributed by atoms with E-state index in [1.165, 1.54) is 14.2 Å². The summed E-state index contributed by atoms with van der Waals surface area (Å²) in [5.41, 5.74) is -2.57. The highest BCUT2D eigenvalue weighted by Crippen LogP contribution is 2.45. The number of aryl methyl sites for hydroxylation is 1. The summed E-state index contributed by atoms with van der Waals surface area (Å²) in [5.74, 6) is -4.36. The Bertz CT molecular complexity index is 2330. The van der Waals surface area contributed by atoms with Crippen molar-refractivity contribution >= 4 is 29.0 Å². The van der Waals surface area contributed by atoms with Crippen molar-refractivity contribution in [2.24, 2.45) is 23.7 Å². The third-order valence-corrected chi connectivity index (χ3v) is 17.6. The Morgan fingerprint density at radius 3 is 2.10 bits per heavy atom. The zero-order chi connectivity index (χ0) is 57.3. The molecule has 0 unspecified atom stereocenters. The summed E-state index contributed by atoms with van der Waals surface area (Å²) >= 11 is 0. The molecule has 0 spiro atoms. The number of methoxy groups -OCH3 is 2. The lowest BCUT2D eigenvalue weighted by molar-refractivity contribution is -0.361. The van der Waals surface area contributed by atoms with Crippen LogP contribution in [0.15, 0.2) is 24.7 Å². The molecule has 0 aromatic carbocycles. The lowest BCUT2D eigenvalue weighted by Gasteiger charge is -2.51. The molecule has 5 aliphatic rings. The maximum absolute atomic E-state index is 15.2. The van der Waals surface area contributed by atoms with Crippen LogP contribution in [0.3, 0.4) is 0 Å². The summed E-state index contributed by atoms with van der Waals surface area (Å²) in [5, 5.41) is 53.9. The van der Waals surface area contributed by atoms with E-state index < -0.39 is 145 Å². The molecule has 5 N–H and O–H groups in total. The fourth-order valence-electron chi connectivity index (χ4n) is 13.1. The van der Waals surface area contributed by atoms with E-state index >= 15 is 9.59 Å². The first-order chi connectivity index (χ1) is 36.8. The number of imidazole rings is 1. The molecule has 23 atom stereocenters. The molecule has 5 fully saturated rings. The maximum atomic E-state index is 15.2. The normalized spacial score (nSPS) is 43.3. The number of hydrogen-bond acceptors (Lipinski definition) is 21. The summed E-state index contributed by atoms with van der Waals surface area (Å²) in [6, 6.07) is 2.51. The molecule has 23 nitrogen and oxygen atoms in total. The Hall–Kier alpha value is -3.53. The molecule has 5 saturated heterocycles. The number of unbranched alkanes of at least 4 members (excludes halogenated alkanes) is 1. The molecular weight excluding hydrogens is 1020 g/mol. The Morgan fingerprint density at radius 2 is 1.45 bits per heavy atom. The van der Waals surface area contributed by atoms with Crippen molar-refractivity contribution in [1.29, 1.82) is 0 Å². The van der Waals surface area contributed by atoms with Crippen molar-refractivity contribution in [1.82, 2.24) is 24.3 Å². The van der Waals surface area contributed by atoms with E-state index in [1.807, 2.05) is 70.3 Å². The molecule has 23 heteroatoms. The van der Waals surface area contributed by atoms with E-state index in [0.29, 0.717) is 25.8 Å². The summed E-state index contributed by atoms with van der Waals surface area (Å²) in [4.78, 5) is 57.2. The van der Waals surface area contributed by atoms with Gasteiger partial charge in [-0.15, -0.1) is 0 Å². The number of aliphatic hydroxyl groups is 5. The quantitative estimate of drug-likeness (QED) is 0.119. The molecule has 2 aromatic heterocycles. The van der Waals surface area contributed by atoms with Crippen LogP contribution < -0.4 is 0 Å². The highest BCUT2D eigenvalue weighted by molar-refractivity contribution is 5.85. The number of amides is 1. The molecule has 0 aliphatic carbocycles. The number of fused-ring (bicyclic) bond motifs is 2. The average molecular weight is 1110 g/mol. The molecule has 0 bridgehead atoms. The zero-order valence-corrected chi connectivity index (χ0v) is 48.0. The largest absolute Gasteiger partial charge is 0.458 e. The molecule has 0 saturated carbocycles. The number of likely N-dealkylation sites (N-methyl/N-ethyl adjacent to an activating group) is 1. The van der Waals surface area contributed by atoms with Crippen LogP contribution in [0.2, 0.25) is 0 Å². The van der Waals surface area contributed by atoms with Gasteiger partial charge in [-0.3, -0.25) is 9.59 Å². The maximum Gasteiger partial charge on any atom is 0.410 e. The van der Waals surface area contributed by atoms with Crippen LogP contribution >= 0.6 is 0 Å². The van der Waals surface area contributed by atoms with Crippen molar-refractivity contribution in [2.75, 3.05) is 41.5 Å². The molecule has 78 heavy (non-hydrogen) atoms. The van der Waals surface area contributed by atoms with Crippen LogP contribution in [0.1, 0.15) is 108 Å². The van der Waals surface area contributed by atoms with Gasteiger partial charge in [-0.2, -0.15) is 0 Å². The minimum Gasteiger partial charge on any atom is -0.458 e. The Morgan fingerprint density at radius 1 is 0.795 bits per heavy atom. The second-order valence-electron chi connectivity index (χ2n) is 23.5. The molecule has 0 radical (unpaired) electrons. The number of cyclic esters (lactones) is 1. The number of hydrogen-bond donors (Lipinski definition) is 5. The van der Waals surface area contributed by atoms with E-state index in [4.69, 9.17) is 47.4 Å². The number of aliphatic hydroxyl groups excluding tert-OH is 5. The van der Waals surface area contributed by atoms with Gasteiger partial charge < -0.3 is 87.3 Å². The number of Topliss-reactive ketones (excluding diaryl/α,β-unsaturated/α-hetero) is 1. The van der Waals surface area contributed by atoms with Crippen molar-refractivity contribution in [3.63, 3.8) is 0 Å². The summed E-state index contributed by atoms with van der Waals surface area (Å²) in [6.45, 7) is 18.0. The topological polar surface area (TPSA) is 282 Å². The van der Waals surface area contributed by atoms with Gasteiger partial charge in [0.05, 0.1) is 60.5 Å². The Kier molecular flexibility index (Phi) is 20.1. The van der Waals surface area contributed by atoms with E-state index in [2.05, 4.69) is 9.97 Å². The number of ketones is 1. The average Bonchev–Trinajstić information content (AvgIpc) is 4.17. The SMILES string of the molecule is CC[C@H]1OC(=O)[C@H](C)[C@@H](O[C@H]2C[C@@](C)(OC)[C@@H](O[C@@H]3O[C@H](CO)[C@@H](O)[C@H](O)[C@H]3O)[C@H](C)O2)[C@H](C)[C@@H](O[C@@H]2O[C@H](C)C[C@H](N(C)C)[C@H]2O)[C@](C)(OC)C[C@@H](C)C(=O)[C@H](C)[C@H]2N(CCCCn3cnc4cccnc43)C(=O)O[C@]12C. The van der Waals surface area contributed by atoms with Gasteiger partial charge >= 0.3 is 12.1 Å². The zero-order valence-electron chi connectivity index (χ0n) is 48.0. The van der Waals surface area contributed by atoms with E-state index in [-0.39, 0.29) is 43.7 Å². The van der Waals surface area contributed by atoms with Gasteiger partial charge in [0.25, 0.3) is 0 Å². The van der Waals surface area contributed by atoms with Crippen LogP contribution in [0.25, 0.3) is 11.2 Å². The van der Waals surface area contributed by atoms with Crippen LogP contribution in [-0.2, 0) is 63.5 Å². The lowest BCUT2D eigenvalue weighted by Crippen LogP contribution is -2.64. The van der Waals surface area contributed by atoms with Crippen LogP contribution in [0.4, 0.5) is 4.79 Å². The fourth-order valence-corrected chi connectivity index (χ4v) is 13.1. The van der Waals surface area contributed by atoms with E-state index in [1.54, 1.807) is 52.0 Å². The standard InChI is InChI=1S/C55H89N5O18/c1-15-37-55(10)45(60(52(68)78-55)22-17-16-21-59-27-57-34-19-18-20-56-48(34)59)30(4)39(62)28(2)24-53(8,69-13)46(76-50-40(63)35(58(11)12)23-29(3)71-50)31(5)44(32(6)49(67)74-37)75-38-25-54(9,70-14)47(33(7)72-38)77-51-43(66)42(65)41(64)36(26-61)73-51/h18-20,27-33,35-38,40-47,50-51,61,63-66H,15-17,21-26H2,1-14H3/t28-,29-,30+,31+,32-,33+,35+,36-,37-,38+,40-,41-,42+,43-,44+,45-,46-,47+,50+,51+,53-,54-,55-/m1/s1. The van der Waals surface area contributed by atoms with Gasteiger partial charge in [-0.05, 0) is 99.9 Å². The van der Waals surface area contributed by atoms with Gasteiger partial charge in [0.15, 0.2) is 30.1 Å². The van der Waals surface area contributed by atoms with Crippen LogP contribution in [-0.4, -0.2) is 224 Å². The predicted octanol–water partition coefficient (Wildman–Crippen LogP) is 2.96. The first-order valence-corrected chi connectivity index (χ1v) is 27.8. The number of ether oxygens (including phenoxy) is 10. The van der Waals surface area contributed by atoms with Gasteiger partial charge in [-0.1, -0.05) is 27.7 Å². The lowest BCUT2D eigenvalue weighted by atomic mass is 9.73. The number of aromatic nitrogens is 3. The van der Waals surface area contributed by atoms with Gasteiger partial charge in [0, 0.05) is 63.7 Å². The number of pyridine rings is 1. The van der Waals surface area contributed by atoms with Gasteiger partial charge in [0.2, 0.25) is 0 Å². The van der Waals surface area contributed by atoms with E-state index in [9.17, 15) is 30.3 Å². The highest BCUT2D eigenvalue weighted by Gasteiger charge is 2.61. The number of esters is 1. The smallest absolute Gasteiger partial charge is 0.410 e. The minimum absolute atomic E-state index is 0.0250. The highest BCUT2D eigenvalue weighted by atomic mass is 16.7. The Balaban J connectivity index is 1.24. The van der Waals surface area contributed by atoms with Crippen LogP contribution in [0.5, 0.6) is 0 Å². The van der Waals surface area contributed by atoms with Gasteiger partial charge in [0.1, 0.15) is 54.0 Å². The van der Waals surface area contributed by atoms with Crippen molar-refractivity contribution in [2.45, 2.75) is 229 Å². The third-order valence-electron chi connectivity index (χ3n) is 17.6. The molecular formula is C55H89N5O18. The number of carbonyl (C=O) groups excluding carboxylic acids is 3. The number of carbonyl (C=O) groups is 3. The second-order valence-corrected chi connectivity index (χ2v) is 23.5. The third kappa shape index (κ3) is 12.4. The molecule has 442 valence electrons. The first kappa shape index (κ1) is 62.1. The minimum atomic E-state index is -1.70. The molecule has 5 aliphatic heterocycles. The monoisotopic (exact) mass is 1110 g/mol. The molecule has 7 rings (SSSR count). The van der Waals surface area contributed by atoms with E-state index in [0.717, 1.165) is 11.2 Å². The first-order valence-electron chi connectivity index (χ1n) is 27.8.